The molecule has 0 bridgehead atoms. The van der Waals surface area contributed by atoms with Gasteiger partial charge in [-0.15, -0.1) is 0 Å². The molecule has 3 aromatic rings. The molecular formula is C9H8N4. The average molecular weight is 172 g/mol. The number of nitrogens with zero attached hydrogens (tertiary/aromatic N) is 3. The highest BCUT2D eigenvalue weighted by Crippen LogP contribution is 2.21. The number of aryl methyl sites for hydroxylation is 1. The molecule has 0 aliphatic heterocycles. The second-order valence-electron chi connectivity index (χ2n) is 3.08. The average Bonchev–Trinajstić information content (AvgIpc) is 2.70. The van der Waals surface area contributed by atoms with Gasteiger partial charge in [0.25, 0.3) is 0 Å². The zero-order valence-corrected chi connectivity index (χ0v) is 7.15. The molecule has 0 saturated carbocycles. The van der Waals surface area contributed by atoms with Crippen molar-refractivity contribution in [3.8, 4) is 0 Å². The Kier molecular flexibility index (Phi) is 1.07. The zero-order chi connectivity index (χ0) is 8.84. The Morgan fingerprint density at radius 3 is 3.23 bits per heavy atom. The molecule has 1 N–H and O–H groups in total. The first-order valence-corrected chi connectivity index (χ1v) is 4.10. The summed E-state index contributed by atoms with van der Waals surface area (Å²) in [6.07, 6.45) is 5.56. The van der Waals surface area contributed by atoms with Crippen LogP contribution < -0.4 is 0 Å². The number of nitrogens with one attached hydrogen (secondary N) is 1. The van der Waals surface area contributed by atoms with Crippen molar-refractivity contribution in [2.24, 2.45) is 7.05 Å². The number of H-pyrrole nitrogens is 1. The first-order valence-electron chi connectivity index (χ1n) is 4.10. The van der Waals surface area contributed by atoms with Gasteiger partial charge >= 0.3 is 0 Å². The largest absolute Gasteiger partial charge is 0.305 e. The standard InChI is InChI=1S/C9H8N4/c1-13-8-6(5-12-13)4-11-9-7(8)2-3-10-9/h2-5,12H,1H3. The van der Waals surface area contributed by atoms with Crippen molar-refractivity contribution in [1.82, 2.24) is 19.7 Å². The summed E-state index contributed by atoms with van der Waals surface area (Å²) in [5.74, 6) is 0. The molecule has 3 rings (SSSR count). The lowest BCUT2D eigenvalue weighted by atomic mass is 10.2. The lowest BCUT2D eigenvalue weighted by molar-refractivity contribution is 0.799. The lowest BCUT2D eigenvalue weighted by Gasteiger charge is -1.95. The van der Waals surface area contributed by atoms with E-state index in [1.54, 1.807) is 6.20 Å². The molecule has 0 aliphatic rings. The number of hydrogen-bond acceptors (Lipinski definition) is 2. The second-order valence-corrected chi connectivity index (χ2v) is 3.08. The van der Waals surface area contributed by atoms with E-state index in [0.29, 0.717) is 0 Å². The van der Waals surface area contributed by atoms with Gasteiger partial charge in [-0.1, -0.05) is 0 Å². The fourth-order valence-corrected chi connectivity index (χ4v) is 1.67. The third kappa shape index (κ3) is 0.744. The van der Waals surface area contributed by atoms with Crippen LogP contribution >= 0.6 is 0 Å². The smallest absolute Gasteiger partial charge is 0.161 e. The molecule has 0 aliphatic carbocycles. The normalized spacial score (nSPS) is 11.5. The molecule has 0 spiro atoms. The van der Waals surface area contributed by atoms with Crippen LogP contribution in [0, 0.1) is 0 Å². The maximum Gasteiger partial charge on any atom is 0.161 e. The minimum Gasteiger partial charge on any atom is -0.305 e. The molecule has 0 fully saturated rings. The Bertz CT molecular complexity index is 575. The zero-order valence-electron chi connectivity index (χ0n) is 7.15. The number of aromatic nitrogens is 4. The van der Waals surface area contributed by atoms with E-state index in [2.05, 4.69) is 15.1 Å². The molecular weight excluding hydrogens is 164 g/mol. The van der Waals surface area contributed by atoms with Crippen LogP contribution in [0.25, 0.3) is 21.9 Å². The summed E-state index contributed by atoms with van der Waals surface area (Å²) in [7, 11) is 1.98. The summed E-state index contributed by atoms with van der Waals surface area (Å²) in [4.78, 5) is 8.39. The molecule has 3 aromatic heterocycles. The Balaban J connectivity index is 2.70. The number of fused-ring (bicyclic) bond motifs is 3. The minimum absolute atomic E-state index is 0.808. The highest BCUT2D eigenvalue weighted by atomic mass is 15.2. The Hall–Kier alpha value is -1.84. The minimum atomic E-state index is 0.808. The highest BCUT2D eigenvalue weighted by molar-refractivity contribution is 6.01. The van der Waals surface area contributed by atoms with E-state index in [1.807, 2.05) is 30.2 Å². The Labute approximate surface area is 74.2 Å². The van der Waals surface area contributed by atoms with Gasteiger partial charge in [0.05, 0.1) is 5.52 Å². The molecule has 0 unspecified atom stereocenters. The van der Waals surface area contributed by atoms with Crippen LogP contribution in [-0.4, -0.2) is 19.7 Å². The molecule has 4 heteroatoms. The molecule has 13 heavy (non-hydrogen) atoms. The summed E-state index contributed by atoms with van der Waals surface area (Å²) in [5, 5.41) is 5.32. The predicted octanol–water partition coefficient (Wildman–Crippen LogP) is 1.45. The third-order valence-corrected chi connectivity index (χ3v) is 2.28. The van der Waals surface area contributed by atoms with Crippen LogP contribution in [0.3, 0.4) is 0 Å². The van der Waals surface area contributed by atoms with Gasteiger partial charge in [-0.2, -0.15) is 0 Å². The summed E-state index contributed by atoms with van der Waals surface area (Å²) in [5.41, 5.74) is 1.96. The molecule has 64 valence electrons. The molecule has 0 amide bonds. The SMILES string of the molecule is Cn1[nH]cc2cnc3nccc3c21. The van der Waals surface area contributed by atoms with Gasteiger partial charge in [0.1, 0.15) is 0 Å². The fourth-order valence-electron chi connectivity index (χ4n) is 1.67. The Morgan fingerprint density at radius 2 is 2.31 bits per heavy atom. The summed E-state index contributed by atoms with van der Waals surface area (Å²) >= 11 is 0. The monoisotopic (exact) mass is 172 g/mol. The van der Waals surface area contributed by atoms with Crippen molar-refractivity contribution in [1.29, 1.82) is 0 Å². The van der Waals surface area contributed by atoms with Gasteiger partial charge in [-0.05, 0) is 6.07 Å². The van der Waals surface area contributed by atoms with Crippen molar-refractivity contribution in [3.63, 3.8) is 0 Å². The first-order chi connectivity index (χ1) is 6.36. The van der Waals surface area contributed by atoms with Crippen LogP contribution in [0.15, 0.2) is 24.7 Å². The van der Waals surface area contributed by atoms with E-state index >= 15 is 0 Å². The van der Waals surface area contributed by atoms with Crippen LogP contribution in [-0.2, 0) is 7.05 Å². The van der Waals surface area contributed by atoms with Crippen LogP contribution in [0.5, 0.6) is 0 Å². The molecule has 3 heterocycles. The van der Waals surface area contributed by atoms with E-state index in [0.717, 1.165) is 21.9 Å². The topological polar surface area (TPSA) is 46.5 Å². The molecule has 0 saturated heterocycles. The lowest BCUT2D eigenvalue weighted by Crippen LogP contribution is -1.89. The van der Waals surface area contributed by atoms with Gasteiger partial charge in [-0.3, -0.25) is 4.68 Å². The van der Waals surface area contributed by atoms with E-state index in [9.17, 15) is 0 Å². The Morgan fingerprint density at radius 1 is 1.38 bits per heavy atom. The van der Waals surface area contributed by atoms with Crippen LogP contribution in [0.1, 0.15) is 0 Å². The van der Waals surface area contributed by atoms with Crippen molar-refractivity contribution in [3.05, 3.63) is 24.7 Å². The van der Waals surface area contributed by atoms with Crippen LogP contribution in [0.2, 0.25) is 0 Å². The van der Waals surface area contributed by atoms with E-state index in [4.69, 9.17) is 0 Å². The molecule has 4 nitrogen and oxygen atoms in total. The van der Waals surface area contributed by atoms with E-state index in [-0.39, 0.29) is 0 Å². The fraction of sp³-hybridized carbons (Fsp3) is 0.111. The molecule has 0 radical (unpaired) electrons. The summed E-state index contributed by atoms with van der Waals surface area (Å²) in [6, 6.07) is 1.98. The predicted molar refractivity (Wildman–Crippen MR) is 50.4 cm³/mol. The maximum absolute atomic E-state index is 4.24. The maximum atomic E-state index is 4.24. The number of pyridine rings is 1. The van der Waals surface area contributed by atoms with Crippen molar-refractivity contribution < 1.29 is 0 Å². The number of hydrogen-bond donors (Lipinski definition) is 1. The summed E-state index contributed by atoms with van der Waals surface area (Å²) in [6.45, 7) is 0. The van der Waals surface area contributed by atoms with Crippen molar-refractivity contribution >= 4 is 21.9 Å². The highest BCUT2D eigenvalue weighted by Gasteiger charge is 2.05. The third-order valence-electron chi connectivity index (χ3n) is 2.28. The van der Waals surface area contributed by atoms with Gasteiger partial charge in [0, 0.05) is 36.4 Å². The number of aromatic amines is 1. The van der Waals surface area contributed by atoms with Crippen molar-refractivity contribution in [2.45, 2.75) is 0 Å². The first kappa shape index (κ1) is 6.65. The van der Waals surface area contributed by atoms with Gasteiger partial charge in [0.2, 0.25) is 0 Å². The summed E-state index contributed by atoms with van der Waals surface area (Å²) < 4.78 is 1.97. The molecule has 0 aromatic carbocycles. The van der Waals surface area contributed by atoms with Gasteiger partial charge in [0.15, 0.2) is 5.65 Å². The quantitative estimate of drug-likeness (QED) is 0.557. The van der Waals surface area contributed by atoms with Gasteiger partial charge < -0.3 is 5.10 Å². The number of rotatable bonds is 0. The van der Waals surface area contributed by atoms with E-state index in [1.165, 1.54) is 0 Å². The van der Waals surface area contributed by atoms with Gasteiger partial charge in [-0.25, -0.2) is 9.97 Å². The molecule has 0 atom stereocenters. The van der Waals surface area contributed by atoms with E-state index < -0.39 is 0 Å². The van der Waals surface area contributed by atoms with Crippen LogP contribution in [0.4, 0.5) is 0 Å². The van der Waals surface area contributed by atoms with Crippen molar-refractivity contribution in [2.75, 3.05) is 0 Å². The second kappa shape index (κ2) is 2.10.